The van der Waals surface area contributed by atoms with Crippen LogP contribution in [0, 0.1) is 13.8 Å². The Balaban J connectivity index is 1.54. The molecule has 1 aliphatic heterocycles. The summed E-state index contributed by atoms with van der Waals surface area (Å²) in [6, 6.07) is 8.20. The van der Waals surface area contributed by atoms with E-state index in [2.05, 4.69) is 52.8 Å². The highest BCUT2D eigenvalue weighted by Gasteiger charge is 2.41. The molecule has 3 aromatic rings. The molecule has 6 heteroatoms. The summed E-state index contributed by atoms with van der Waals surface area (Å²) >= 11 is 0. The van der Waals surface area contributed by atoms with Gasteiger partial charge in [-0.1, -0.05) is 6.07 Å². The van der Waals surface area contributed by atoms with Crippen molar-refractivity contribution in [3.63, 3.8) is 0 Å². The van der Waals surface area contributed by atoms with Crippen LogP contribution in [0.5, 0.6) is 0 Å². The van der Waals surface area contributed by atoms with Gasteiger partial charge in [-0.15, -0.1) is 0 Å². The molecular formula is C20H25N5O. The van der Waals surface area contributed by atoms with E-state index in [0.29, 0.717) is 6.54 Å². The molecular weight excluding hydrogens is 326 g/mol. The molecule has 0 atom stereocenters. The first-order valence-electron chi connectivity index (χ1n) is 9.17. The van der Waals surface area contributed by atoms with Crippen LogP contribution in [0.2, 0.25) is 0 Å². The number of carbonyl (C=O) groups excluding carboxylic acids is 1. The second kappa shape index (κ2) is 6.61. The third-order valence-electron chi connectivity index (χ3n) is 5.62. The van der Waals surface area contributed by atoms with E-state index in [1.807, 2.05) is 16.9 Å². The molecule has 26 heavy (non-hydrogen) atoms. The average Bonchev–Trinajstić information content (AvgIpc) is 3.30. The lowest BCUT2D eigenvalue weighted by atomic mass is 9.87. The van der Waals surface area contributed by atoms with Crippen molar-refractivity contribution in [3.05, 3.63) is 53.5 Å². The van der Waals surface area contributed by atoms with Crippen LogP contribution in [0.25, 0.3) is 10.9 Å². The molecule has 2 aromatic heterocycles. The molecule has 0 bridgehead atoms. The molecule has 3 heterocycles. The number of H-pyrrole nitrogens is 1. The molecule has 0 saturated carbocycles. The molecule has 1 amide bonds. The zero-order chi connectivity index (χ0) is 18.1. The smallest absolute Gasteiger partial charge is 0.248 e. The first-order valence-corrected chi connectivity index (χ1v) is 9.17. The van der Waals surface area contributed by atoms with Gasteiger partial charge in [0.2, 0.25) is 5.91 Å². The van der Waals surface area contributed by atoms with Crippen LogP contribution in [0.4, 0.5) is 0 Å². The highest BCUT2D eigenvalue weighted by Crippen LogP contribution is 2.27. The summed E-state index contributed by atoms with van der Waals surface area (Å²) in [5, 5.41) is 12.1. The van der Waals surface area contributed by atoms with Gasteiger partial charge < -0.3 is 15.6 Å². The Bertz CT molecular complexity index is 919. The topological polar surface area (TPSA) is 74.7 Å². The summed E-state index contributed by atoms with van der Waals surface area (Å²) in [5.41, 5.74) is 4.10. The maximum atomic E-state index is 13.1. The normalized spacial score (nSPS) is 16.7. The van der Waals surface area contributed by atoms with Crippen LogP contribution in [0.1, 0.15) is 29.7 Å². The number of carbonyl (C=O) groups is 1. The van der Waals surface area contributed by atoms with Crippen LogP contribution in [-0.2, 0) is 16.9 Å². The highest BCUT2D eigenvalue weighted by molar-refractivity contribution is 5.86. The standard InChI is InChI=1S/C20H25N5O/c1-14-15(2)24-18-5-4-16(12-17(14)18)13-22-19(26)20(6-9-21-10-7-20)25-11-3-8-23-25/h3-5,8,11-12,21,24H,6-7,9-10,13H2,1-2H3,(H,22,26). The van der Waals surface area contributed by atoms with Crippen molar-refractivity contribution in [2.45, 2.75) is 38.8 Å². The number of hydrogen-bond acceptors (Lipinski definition) is 3. The Kier molecular flexibility index (Phi) is 4.28. The Morgan fingerprint density at radius 3 is 2.85 bits per heavy atom. The minimum absolute atomic E-state index is 0.0461. The number of fused-ring (bicyclic) bond motifs is 1. The van der Waals surface area contributed by atoms with Crippen LogP contribution in [0.15, 0.2) is 36.7 Å². The Labute approximate surface area is 153 Å². The number of amides is 1. The van der Waals surface area contributed by atoms with Crippen LogP contribution < -0.4 is 10.6 Å². The molecule has 0 radical (unpaired) electrons. The predicted octanol–water partition coefficient (Wildman–Crippen LogP) is 2.38. The zero-order valence-corrected chi connectivity index (χ0v) is 15.3. The van der Waals surface area contributed by atoms with E-state index in [-0.39, 0.29) is 5.91 Å². The van der Waals surface area contributed by atoms with E-state index < -0.39 is 5.54 Å². The second-order valence-electron chi connectivity index (χ2n) is 7.17. The van der Waals surface area contributed by atoms with Crippen molar-refractivity contribution in [2.24, 2.45) is 0 Å². The monoisotopic (exact) mass is 351 g/mol. The van der Waals surface area contributed by atoms with Gasteiger partial charge in [-0.05, 0) is 69.1 Å². The Hall–Kier alpha value is -2.60. The summed E-state index contributed by atoms with van der Waals surface area (Å²) < 4.78 is 1.83. The minimum Gasteiger partial charge on any atom is -0.358 e. The van der Waals surface area contributed by atoms with Crippen molar-refractivity contribution in [2.75, 3.05) is 13.1 Å². The maximum Gasteiger partial charge on any atom is 0.248 e. The zero-order valence-electron chi connectivity index (χ0n) is 15.3. The number of piperidine rings is 1. The first-order chi connectivity index (χ1) is 12.6. The molecule has 0 spiro atoms. The van der Waals surface area contributed by atoms with E-state index in [1.54, 1.807) is 6.20 Å². The number of aromatic amines is 1. The number of nitrogens with zero attached hydrogens (tertiary/aromatic N) is 2. The predicted molar refractivity (Wildman–Crippen MR) is 102 cm³/mol. The largest absolute Gasteiger partial charge is 0.358 e. The molecule has 3 N–H and O–H groups in total. The van der Waals surface area contributed by atoms with E-state index >= 15 is 0 Å². The van der Waals surface area contributed by atoms with Crippen molar-refractivity contribution in [1.29, 1.82) is 0 Å². The number of nitrogens with one attached hydrogen (secondary N) is 3. The third kappa shape index (κ3) is 2.80. The number of benzene rings is 1. The minimum atomic E-state index is -0.598. The summed E-state index contributed by atoms with van der Waals surface area (Å²) in [7, 11) is 0. The summed E-state index contributed by atoms with van der Waals surface area (Å²) in [4.78, 5) is 16.5. The van der Waals surface area contributed by atoms with Gasteiger partial charge in [-0.3, -0.25) is 9.48 Å². The lowest BCUT2D eigenvalue weighted by Gasteiger charge is -2.36. The number of aryl methyl sites for hydroxylation is 2. The SMILES string of the molecule is Cc1[nH]c2ccc(CNC(=O)C3(n4cccn4)CCNCC3)cc2c1C. The fourth-order valence-corrected chi connectivity index (χ4v) is 3.89. The van der Waals surface area contributed by atoms with E-state index in [9.17, 15) is 4.79 Å². The fourth-order valence-electron chi connectivity index (χ4n) is 3.89. The van der Waals surface area contributed by atoms with E-state index in [4.69, 9.17) is 0 Å². The van der Waals surface area contributed by atoms with Gasteiger partial charge in [0.1, 0.15) is 5.54 Å². The van der Waals surface area contributed by atoms with Crippen molar-refractivity contribution >= 4 is 16.8 Å². The van der Waals surface area contributed by atoms with E-state index in [1.165, 1.54) is 16.6 Å². The van der Waals surface area contributed by atoms with Crippen molar-refractivity contribution in [1.82, 2.24) is 25.4 Å². The highest BCUT2D eigenvalue weighted by atomic mass is 16.2. The van der Waals surface area contributed by atoms with Gasteiger partial charge in [-0.2, -0.15) is 5.10 Å². The number of hydrogen-bond donors (Lipinski definition) is 3. The molecule has 4 rings (SSSR count). The molecule has 1 aliphatic rings. The maximum absolute atomic E-state index is 13.1. The number of aromatic nitrogens is 3. The summed E-state index contributed by atoms with van der Waals surface area (Å²) in [6.07, 6.45) is 5.12. The van der Waals surface area contributed by atoms with Crippen LogP contribution in [-0.4, -0.2) is 33.8 Å². The lowest BCUT2D eigenvalue weighted by molar-refractivity contribution is -0.132. The van der Waals surface area contributed by atoms with Crippen LogP contribution >= 0.6 is 0 Å². The van der Waals surface area contributed by atoms with Gasteiger partial charge in [0.15, 0.2) is 0 Å². The first kappa shape index (κ1) is 16.8. The number of rotatable bonds is 4. The van der Waals surface area contributed by atoms with Crippen molar-refractivity contribution < 1.29 is 4.79 Å². The average molecular weight is 351 g/mol. The third-order valence-corrected chi connectivity index (χ3v) is 5.62. The molecule has 1 fully saturated rings. The molecule has 0 unspecified atom stereocenters. The summed E-state index contributed by atoms with van der Waals surface area (Å²) in [6.45, 7) is 6.37. The Morgan fingerprint density at radius 2 is 2.12 bits per heavy atom. The van der Waals surface area contributed by atoms with Gasteiger partial charge >= 0.3 is 0 Å². The quantitative estimate of drug-likeness (QED) is 0.676. The van der Waals surface area contributed by atoms with Gasteiger partial charge in [0.25, 0.3) is 0 Å². The molecule has 6 nitrogen and oxygen atoms in total. The van der Waals surface area contributed by atoms with Gasteiger partial charge in [0.05, 0.1) is 0 Å². The van der Waals surface area contributed by atoms with Crippen LogP contribution in [0.3, 0.4) is 0 Å². The van der Waals surface area contributed by atoms with Crippen molar-refractivity contribution in [3.8, 4) is 0 Å². The lowest BCUT2D eigenvalue weighted by Crippen LogP contribution is -2.54. The molecule has 1 saturated heterocycles. The molecule has 0 aliphatic carbocycles. The van der Waals surface area contributed by atoms with E-state index in [0.717, 1.165) is 37.0 Å². The second-order valence-corrected chi connectivity index (χ2v) is 7.17. The molecule has 136 valence electrons. The molecule has 1 aromatic carbocycles. The fraction of sp³-hybridized carbons (Fsp3) is 0.400. The Morgan fingerprint density at radius 1 is 1.31 bits per heavy atom. The van der Waals surface area contributed by atoms with Gasteiger partial charge in [0, 0.05) is 35.5 Å². The summed E-state index contributed by atoms with van der Waals surface area (Å²) in [5.74, 6) is 0.0461. The van der Waals surface area contributed by atoms with Gasteiger partial charge in [-0.25, -0.2) is 0 Å².